The molecule has 192 valence electrons. The number of anilines is 1. The fourth-order valence-electron chi connectivity index (χ4n) is 6.03. The molecule has 8 heteroatoms. The molecule has 2 aromatic rings. The van der Waals surface area contributed by atoms with Crippen LogP contribution in [0.3, 0.4) is 0 Å². The molecule has 3 heterocycles. The van der Waals surface area contributed by atoms with E-state index in [1.54, 1.807) is 13.8 Å². The van der Waals surface area contributed by atoms with Gasteiger partial charge < -0.3 is 19.9 Å². The van der Waals surface area contributed by atoms with Gasteiger partial charge in [-0.2, -0.15) is 0 Å². The van der Waals surface area contributed by atoms with E-state index in [-0.39, 0.29) is 6.10 Å². The molecule has 0 radical (unpaired) electrons. The Morgan fingerprint density at radius 3 is 2.31 bits per heavy atom. The molecule has 1 aromatic carbocycles. The quantitative estimate of drug-likeness (QED) is 0.453. The lowest BCUT2D eigenvalue weighted by Gasteiger charge is -2.24. The third-order valence-corrected chi connectivity index (χ3v) is 8.63. The molecule has 2 aliphatic heterocycles. The molecule has 4 atom stereocenters. The first-order valence-corrected chi connectivity index (χ1v) is 13.8. The SMILES string of the molecule is CC(C)OC(=O)c1c(-c2ccc(C3CCCCC3)cc2)csc1NC(=O)[C@@H]1[C@@H](C(=O)O)[C@@H]2CC[C@@H]1O2. The van der Waals surface area contributed by atoms with Gasteiger partial charge in [0, 0.05) is 10.9 Å². The van der Waals surface area contributed by atoms with Crippen molar-refractivity contribution in [3.05, 3.63) is 40.8 Å². The number of rotatable bonds is 7. The van der Waals surface area contributed by atoms with Crippen molar-refractivity contribution in [2.45, 2.75) is 83.0 Å². The van der Waals surface area contributed by atoms with E-state index in [2.05, 4.69) is 17.4 Å². The summed E-state index contributed by atoms with van der Waals surface area (Å²) in [6.07, 6.45) is 6.41. The summed E-state index contributed by atoms with van der Waals surface area (Å²) in [6.45, 7) is 3.57. The Labute approximate surface area is 215 Å². The summed E-state index contributed by atoms with van der Waals surface area (Å²) in [5.41, 5.74) is 3.22. The Kier molecular flexibility index (Phi) is 7.17. The summed E-state index contributed by atoms with van der Waals surface area (Å²) in [7, 11) is 0. The van der Waals surface area contributed by atoms with Crippen molar-refractivity contribution >= 4 is 34.2 Å². The summed E-state index contributed by atoms with van der Waals surface area (Å²) in [6, 6.07) is 8.35. The van der Waals surface area contributed by atoms with Crippen LogP contribution in [-0.2, 0) is 19.1 Å². The van der Waals surface area contributed by atoms with Crippen molar-refractivity contribution in [3.8, 4) is 11.1 Å². The van der Waals surface area contributed by atoms with Gasteiger partial charge in [-0.25, -0.2) is 4.79 Å². The second-order valence-electron chi connectivity index (χ2n) is 10.4. The summed E-state index contributed by atoms with van der Waals surface area (Å²) in [5, 5.41) is 14.8. The molecule has 7 nitrogen and oxygen atoms in total. The number of carboxylic acid groups (broad SMARTS) is 1. The van der Waals surface area contributed by atoms with Crippen molar-refractivity contribution in [3.63, 3.8) is 0 Å². The monoisotopic (exact) mass is 511 g/mol. The molecule has 1 saturated carbocycles. The number of carbonyl (C=O) groups is 3. The highest BCUT2D eigenvalue weighted by atomic mass is 32.1. The Hall–Kier alpha value is -2.71. The van der Waals surface area contributed by atoms with Crippen LogP contribution in [0.2, 0.25) is 0 Å². The molecule has 5 rings (SSSR count). The standard InChI is InChI=1S/C28H33NO6S/c1-15(2)34-28(33)22-19(18-10-8-17(9-11-18)16-6-4-3-5-7-16)14-36-26(22)29-25(30)23-20-12-13-21(35-20)24(23)27(31)32/h8-11,14-16,20-21,23-24H,3-7,12-13H2,1-2H3,(H,29,30)(H,31,32)/t20-,21-,23-,24-/m0/s1. The van der Waals surface area contributed by atoms with Crippen LogP contribution in [0.4, 0.5) is 5.00 Å². The molecule has 2 N–H and O–H groups in total. The van der Waals surface area contributed by atoms with E-state index in [0.717, 1.165) is 5.56 Å². The molecule has 0 spiro atoms. The van der Waals surface area contributed by atoms with Gasteiger partial charge in [-0.15, -0.1) is 11.3 Å². The number of esters is 1. The van der Waals surface area contributed by atoms with Crippen LogP contribution in [0.15, 0.2) is 29.6 Å². The summed E-state index contributed by atoms with van der Waals surface area (Å²) >= 11 is 1.25. The van der Waals surface area contributed by atoms with Gasteiger partial charge in [-0.3, -0.25) is 9.59 Å². The van der Waals surface area contributed by atoms with E-state index >= 15 is 0 Å². The normalized spacial score (nSPS) is 25.8. The van der Waals surface area contributed by atoms with Crippen LogP contribution >= 0.6 is 11.3 Å². The van der Waals surface area contributed by atoms with E-state index in [0.29, 0.717) is 34.9 Å². The summed E-state index contributed by atoms with van der Waals surface area (Å²) in [4.78, 5) is 38.3. The lowest BCUT2D eigenvalue weighted by atomic mass is 9.78. The molecule has 3 aliphatic rings. The minimum Gasteiger partial charge on any atom is -0.481 e. The topological polar surface area (TPSA) is 102 Å². The Morgan fingerprint density at radius 2 is 1.67 bits per heavy atom. The number of carboxylic acids is 1. The first-order valence-electron chi connectivity index (χ1n) is 13.0. The average Bonchev–Trinajstić information content (AvgIpc) is 3.59. The molecule has 2 bridgehead atoms. The van der Waals surface area contributed by atoms with E-state index < -0.39 is 41.9 Å². The minimum absolute atomic E-state index is 0.309. The maximum absolute atomic E-state index is 13.3. The molecule has 0 unspecified atom stereocenters. The van der Waals surface area contributed by atoms with Gasteiger partial charge in [0.25, 0.3) is 0 Å². The maximum Gasteiger partial charge on any atom is 0.342 e. The highest BCUT2D eigenvalue weighted by molar-refractivity contribution is 7.15. The van der Waals surface area contributed by atoms with Crippen molar-refractivity contribution in [2.75, 3.05) is 5.32 Å². The molecular weight excluding hydrogens is 478 g/mol. The third kappa shape index (κ3) is 4.81. The molecule has 2 saturated heterocycles. The van der Waals surface area contributed by atoms with Crippen LogP contribution < -0.4 is 5.32 Å². The van der Waals surface area contributed by atoms with E-state index in [9.17, 15) is 19.5 Å². The van der Waals surface area contributed by atoms with Crippen LogP contribution in [0.25, 0.3) is 11.1 Å². The fraction of sp³-hybridized carbons (Fsp3) is 0.536. The maximum atomic E-state index is 13.3. The largest absolute Gasteiger partial charge is 0.481 e. The van der Waals surface area contributed by atoms with Crippen LogP contribution in [-0.4, -0.2) is 41.3 Å². The number of ether oxygens (including phenoxy) is 2. The zero-order valence-electron chi connectivity index (χ0n) is 20.7. The molecule has 1 amide bonds. The predicted octanol–water partition coefficient (Wildman–Crippen LogP) is 5.84. The van der Waals surface area contributed by atoms with Gasteiger partial charge in [0.1, 0.15) is 10.6 Å². The second-order valence-corrected chi connectivity index (χ2v) is 11.3. The molecule has 1 aromatic heterocycles. The van der Waals surface area contributed by atoms with Crippen molar-refractivity contribution in [1.82, 2.24) is 0 Å². The molecule has 3 fully saturated rings. The van der Waals surface area contributed by atoms with Gasteiger partial charge in [-0.05, 0) is 56.6 Å². The molecule has 1 aliphatic carbocycles. The van der Waals surface area contributed by atoms with Crippen LogP contribution in [0.5, 0.6) is 0 Å². The zero-order chi connectivity index (χ0) is 25.4. The predicted molar refractivity (Wildman–Crippen MR) is 137 cm³/mol. The Balaban J connectivity index is 1.42. The van der Waals surface area contributed by atoms with E-state index in [4.69, 9.17) is 9.47 Å². The number of benzene rings is 1. The van der Waals surface area contributed by atoms with Gasteiger partial charge in [-0.1, -0.05) is 43.5 Å². The Bertz CT molecular complexity index is 1130. The molecular formula is C28H33NO6S. The Morgan fingerprint density at radius 1 is 1.00 bits per heavy atom. The van der Waals surface area contributed by atoms with Crippen molar-refractivity contribution in [1.29, 1.82) is 0 Å². The lowest BCUT2D eigenvalue weighted by molar-refractivity contribution is -0.147. The molecule has 36 heavy (non-hydrogen) atoms. The number of thiophene rings is 1. The number of hydrogen-bond acceptors (Lipinski definition) is 6. The van der Waals surface area contributed by atoms with Crippen LogP contribution in [0.1, 0.15) is 80.6 Å². The smallest absolute Gasteiger partial charge is 0.342 e. The highest BCUT2D eigenvalue weighted by Gasteiger charge is 2.55. The number of carbonyl (C=O) groups excluding carboxylic acids is 2. The highest BCUT2D eigenvalue weighted by Crippen LogP contribution is 2.45. The van der Waals surface area contributed by atoms with Gasteiger partial charge in [0.2, 0.25) is 5.91 Å². The number of fused-ring (bicyclic) bond motifs is 2. The summed E-state index contributed by atoms with van der Waals surface area (Å²) in [5.74, 6) is -3.02. The fourth-order valence-corrected chi connectivity index (χ4v) is 6.99. The lowest BCUT2D eigenvalue weighted by Crippen LogP contribution is -2.41. The van der Waals surface area contributed by atoms with Gasteiger partial charge >= 0.3 is 11.9 Å². The number of amides is 1. The van der Waals surface area contributed by atoms with E-state index in [1.165, 1.54) is 49.0 Å². The first kappa shape index (κ1) is 25.0. The average molecular weight is 512 g/mol. The van der Waals surface area contributed by atoms with Crippen molar-refractivity contribution < 1.29 is 29.0 Å². The van der Waals surface area contributed by atoms with Crippen LogP contribution in [0, 0.1) is 11.8 Å². The number of nitrogens with one attached hydrogen (secondary N) is 1. The summed E-state index contributed by atoms with van der Waals surface area (Å²) < 4.78 is 11.3. The van der Waals surface area contributed by atoms with Gasteiger partial charge in [0.05, 0.1) is 30.1 Å². The van der Waals surface area contributed by atoms with Gasteiger partial charge in [0.15, 0.2) is 0 Å². The third-order valence-electron chi connectivity index (χ3n) is 7.73. The van der Waals surface area contributed by atoms with E-state index in [1.807, 2.05) is 17.5 Å². The number of hydrogen-bond donors (Lipinski definition) is 2. The first-order chi connectivity index (χ1) is 17.3. The van der Waals surface area contributed by atoms with Crippen molar-refractivity contribution in [2.24, 2.45) is 11.8 Å². The number of aliphatic carboxylic acids is 1. The second kappa shape index (κ2) is 10.3. The zero-order valence-corrected chi connectivity index (χ0v) is 21.5. The minimum atomic E-state index is -1.02.